The lowest BCUT2D eigenvalue weighted by Gasteiger charge is -2.25. The molecular weight excluding hydrogens is 340 g/mol. The molecule has 0 bridgehead atoms. The Bertz CT molecular complexity index is 897. The predicted molar refractivity (Wildman–Crippen MR) is 102 cm³/mol. The highest BCUT2D eigenvalue weighted by atomic mass is 16.5. The van der Waals surface area contributed by atoms with Crippen LogP contribution < -0.4 is 9.47 Å². The van der Waals surface area contributed by atoms with Gasteiger partial charge in [-0.15, -0.1) is 0 Å². The monoisotopic (exact) mass is 360 g/mol. The molecule has 1 atom stereocenters. The van der Waals surface area contributed by atoms with Crippen molar-refractivity contribution in [1.29, 1.82) is 0 Å². The Morgan fingerprint density at radius 3 is 1.81 bits per heavy atom. The van der Waals surface area contributed by atoms with Crippen molar-refractivity contribution in [3.63, 3.8) is 0 Å². The first-order valence-corrected chi connectivity index (χ1v) is 8.79. The van der Waals surface area contributed by atoms with Crippen LogP contribution in [0.5, 0.6) is 11.5 Å². The van der Waals surface area contributed by atoms with Crippen molar-refractivity contribution >= 4 is 5.97 Å². The van der Waals surface area contributed by atoms with Gasteiger partial charge in [0.2, 0.25) is 0 Å². The van der Waals surface area contributed by atoms with E-state index < -0.39 is 0 Å². The van der Waals surface area contributed by atoms with Crippen molar-refractivity contribution in [2.24, 2.45) is 0 Å². The molecule has 0 aliphatic carbocycles. The van der Waals surface area contributed by atoms with E-state index in [0.717, 1.165) is 28.2 Å². The lowest BCUT2D eigenvalue weighted by atomic mass is 9.83. The number of rotatable bonds is 5. The van der Waals surface area contributed by atoms with Gasteiger partial charge in [0, 0.05) is 5.56 Å². The van der Waals surface area contributed by atoms with Crippen LogP contribution in [-0.2, 0) is 4.74 Å². The molecule has 1 heterocycles. The van der Waals surface area contributed by atoms with Gasteiger partial charge in [-0.2, -0.15) is 0 Å². The van der Waals surface area contributed by atoms with Crippen LogP contribution in [-0.4, -0.2) is 20.2 Å². The van der Waals surface area contributed by atoms with E-state index >= 15 is 0 Å². The van der Waals surface area contributed by atoms with Crippen LogP contribution in [0.25, 0.3) is 0 Å². The van der Waals surface area contributed by atoms with E-state index in [1.807, 2.05) is 72.8 Å². The number of fused-ring (bicyclic) bond motifs is 1. The first-order chi connectivity index (χ1) is 13.2. The number of esters is 1. The maximum Gasteiger partial charge on any atom is 0.339 e. The van der Waals surface area contributed by atoms with Crippen molar-refractivity contribution in [2.45, 2.75) is 12.0 Å². The summed E-state index contributed by atoms with van der Waals surface area (Å²) < 4.78 is 16.4. The Morgan fingerprint density at radius 1 is 0.778 bits per heavy atom. The van der Waals surface area contributed by atoms with Crippen molar-refractivity contribution in [3.05, 3.63) is 95.1 Å². The molecule has 1 aliphatic rings. The lowest BCUT2D eigenvalue weighted by molar-refractivity contribution is 0.0351. The molecule has 136 valence electrons. The average Bonchev–Trinajstić information content (AvgIpc) is 3.06. The lowest BCUT2D eigenvalue weighted by Crippen LogP contribution is -2.13. The van der Waals surface area contributed by atoms with Crippen molar-refractivity contribution in [2.75, 3.05) is 14.2 Å². The second-order valence-corrected chi connectivity index (χ2v) is 6.44. The van der Waals surface area contributed by atoms with Gasteiger partial charge >= 0.3 is 5.97 Å². The molecule has 4 rings (SSSR count). The SMILES string of the molecule is COc1ccc(C(c2ccc(OC)cc2)C2OC(=O)c3ccccc32)cc1. The smallest absolute Gasteiger partial charge is 0.339 e. The molecule has 27 heavy (non-hydrogen) atoms. The molecule has 1 unspecified atom stereocenters. The van der Waals surface area contributed by atoms with Crippen LogP contribution >= 0.6 is 0 Å². The van der Waals surface area contributed by atoms with Gasteiger partial charge < -0.3 is 14.2 Å². The summed E-state index contributed by atoms with van der Waals surface area (Å²) in [6, 6.07) is 23.3. The zero-order chi connectivity index (χ0) is 18.8. The predicted octanol–water partition coefficient (Wildman–Crippen LogP) is 4.75. The molecule has 0 saturated carbocycles. The normalized spacial score (nSPS) is 15.4. The summed E-state index contributed by atoms with van der Waals surface area (Å²) in [4.78, 5) is 12.4. The quantitative estimate of drug-likeness (QED) is 0.616. The fourth-order valence-electron chi connectivity index (χ4n) is 3.59. The minimum atomic E-state index is -0.379. The second kappa shape index (κ2) is 7.16. The van der Waals surface area contributed by atoms with E-state index in [2.05, 4.69) is 0 Å². The Morgan fingerprint density at radius 2 is 1.30 bits per heavy atom. The highest BCUT2D eigenvalue weighted by Gasteiger charge is 2.38. The Balaban J connectivity index is 1.81. The number of carbonyl (C=O) groups excluding carboxylic acids is 1. The Labute approximate surface area is 158 Å². The average molecular weight is 360 g/mol. The third-order valence-corrected chi connectivity index (χ3v) is 4.97. The largest absolute Gasteiger partial charge is 0.497 e. The second-order valence-electron chi connectivity index (χ2n) is 6.44. The number of benzene rings is 3. The van der Waals surface area contributed by atoms with Crippen LogP contribution in [0.4, 0.5) is 0 Å². The standard InChI is InChI=1S/C23H20O4/c1-25-17-11-7-15(8-12-17)21(16-9-13-18(26-2)14-10-16)22-19-5-3-4-6-20(19)23(24)27-22/h3-14,21-22H,1-2H3. The molecule has 3 aromatic carbocycles. The van der Waals surface area contributed by atoms with Gasteiger partial charge in [-0.05, 0) is 41.5 Å². The first kappa shape index (κ1) is 17.2. The van der Waals surface area contributed by atoms with Crippen LogP contribution in [0.3, 0.4) is 0 Å². The fourth-order valence-corrected chi connectivity index (χ4v) is 3.59. The number of hydrogen-bond acceptors (Lipinski definition) is 4. The molecule has 0 spiro atoms. The maximum absolute atomic E-state index is 12.4. The highest BCUT2D eigenvalue weighted by Crippen LogP contribution is 2.45. The molecule has 0 aromatic heterocycles. The number of methoxy groups -OCH3 is 2. The summed E-state index contributed by atoms with van der Waals surface area (Å²) in [6.45, 7) is 0. The third-order valence-electron chi connectivity index (χ3n) is 4.97. The van der Waals surface area contributed by atoms with E-state index in [4.69, 9.17) is 14.2 Å². The molecular formula is C23H20O4. The summed E-state index contributed by atoms with van der Waals surface area (Å²) in [6.07, 6.45) is -0.379. The highest BCUT2D eigenvalue weighted by molar-refractivity contribution is 5.94. The van der Waals surface area contributed by atoms with E-state index in [1.165, 1.54) is 0 Å². The Kier molecular flexibility index (Phi) is 4.55. The van der Waals surface area contributed by atoms with E-state index in [1.54, 1.807) is 14.2 Å². The third kappa shape index (κ3) is 3.14. The zero-order valence-electron chi connectivity index (χ0n) is 15.2. The number of ether oxygens (including phenoxy) is 3. The molecule has 4 nitrogen and oxygen atoms in total. The molecule has 0 N–H and O–H groups in total. The van der Waals surface area contributed by atoms with E-state index in [-0.39, 0.29) is 18.0 Å². The number of hydrogen-bond donors (Lipinski definition) is 0. The van der Waals surface area contributed by atoms with Gasteiger partial charge in [-0.1, -0.05) is 42.5 Å². The number of carbonyl (C=O) groups is 1. The molecule has 0 fully saturated rings. The van der Waals surface area contributed by atoms with Gasteiger partial charge in [0.1, 0.15) is 17.6 Å². The molecule has 4 heteroatoms. The molecule has 0 saturated heterocycles. The van der Waals surface area contributed by atoms with Crippen molar-refractivity contribution < 1.29 is 19.0 Å². The van der Waals surface area contributed by atoms with Crippen LogP contribution in [0.2, 0.25) is 0 Å². The summed E-state index contributed by atoms with van der Waals surface area (Å²) in [7, 11) is 3.29. The summed E-state index contributed by atoms with van der Waals surface area (Å²) in [5.74, 6) is 1.17. The van der Waals surface area contributed by atoms with E-state index in [9.17, 15) is 4.79 Å². The fraction of sp³-hybridized carbons (Fsp3) is 0.174. The van der Waals surface area contributed by atoms with Gasteiger partial charge in [0.05, 0.1) is 25.7 Å². The van der Waals surface area contributed by atoms with Crippen molar-refractivity contribution in [3.8, 4) is 11.5 Å². The van der Waals surface area contributed by atoms with Gasteiger partial charge in [0.15, 0.2) is 0 Å². The minimum Gasteiger partial charge on any atom is -0.497 e. The van der Waals surface area contributed by atoms with Gasteiger partial charge in [-0.3, -0.25) is 0 Å². The van der Waals surface area contributed by atoms with Crippen molar-refractivity contribution in [1.82, 2.24) is 0 Å². The van der Waals surface area contributed by atoms with Crippen LogP contribution in [0.1, 0.15) is 39.1 Å². The van der Waals surface area contributed by atoms with Crippen LogP contribution in [0, 0.1) is 0 Å². The zero-order valence-corrected chi connectivity index (χ0v) is 15.2. The molecule has 1 aliphatic heterocycles. The first-order valence-electron chi connectivity index (χ1n) is 8.79. The van der Waals surface area contributed by atoms with E-state index in [0.29, 0.717) is 5.56 Å². The molecule has 0 amide bonds. The number of cyclic esters (lactones) is 1. The topological polar surface area (TPSA) is 44.8 Å². The minimum absolute atomic E-state index is 0.130. The molecule has 3 aromatic rings. The maximum atomic E-state index is 12.4. The summed E-state index contributed by atoms with van der Waals surface area (Å²) >= 11 is 0. The summed E-state index contributed by atoms with van der Waals surface area (Å²) in [5.41, 5.74) is 3.65. The van der Waals surface area contributed by atoms with Crippen LogP contribution in [0.15, 0.2) is 72.8 Å². The van der Waals surface area contributed by atoms with Gasteiger partial charge in [0.25, 0.3) is 0 Å². The van der Waals surface area contributed by atoms with Gasteiger partial charge in [-0.25, -0.2) is 4.79 Å². The summed E-state index contributed by atoms with van der Waals surface area (Å²) in [5, 5.41) is 0. The molecule has 0 radical (unpaired) electrons. The Hall–Kier alpha value is -3.27.